The topological polar surface area (TPSA) is 67.2 Å². The van der Waals surface area contributed by atoms with Crippen LogP contribution in [0, 0.1) is 0 Å². The van der Waals surface area contributed by atoms with Gasteiger partial charge in [0.05, 0.1) is 18.4 Å². The van der Waals surface area contributed by atoms with Crippen molar-refractivity contribution in [1.29, 1.82) is 0 Å². The summed E-state index contributed by atoms with van der Waals surface area (Å²) in [6, 6.07) is -0.437. The van der Waals surface area contributed by atoms with E-state index in [2.05, 4.69) is 32.9 Å². The first kappa shape index (κ1) is 16.4. The molecule has 0 saturated carbocycles. The van der Waals surface area contributed by atoms with Crippen LogP contribution in [-0.2, 0) is 11.3 Å². The molecule has 0 radical (unpaired) electrons. The Morgan fingerprint density at radius 3 is 2.90 bits per heavy atom. The molecular weight excluding hydrogens is 324 g/mol. The van der Waals surface area contributed by atoms with E-state index >= 15 is 0 Å². The number of amides is 1. The summed E-state index contributed by atoms with van der Waals surface area (Å²) in [4.78, 5) is 25.6. The van der Waals surface area contributed by atoms with Gasteiger partial charge in [0.1, 0.15) is 10.5 Å². The van der Waals surface area contributed by atoms with Gasteiger partial charge in [-0.1, -0.05) is 6.08 Å². The summed E-state index contributed by atoms with van der Waals surface area (Å²) in [6.45, 7) is 8.18. The maximum atomic E-state index is 12.0. The first-order valence-electron chi connectivity index (χ1n) is 6.30. The average Bonchev–Trinajstić information content (AvgIpc) is 2.45. The summed E-state index contributed by atoms with van der Waals surface area (Å²) in [5.74, 6) is -0.0466. The summed E-state index contributed by atoms with van der Waals surface area (Å²) in [6.07, 6.45) is 3.11. The quantitative estimate of drug-likeness (QED) is 0.795. The van der Waals surface area contributed by atoms with Gasteiger partial charge in [-0.2, -0.15) is 5.10 Å². The van der Waals surface area contributed by atoms with E-state index in [1.807, 2.05) is 6.92 Å². The van der Waals surface area contributed by atoms with Crippen LogP contribution in [-0.4, -0.2) is 40.2 Å². The molecule has 0 saturated heterocycles. The molecule has 0 aliphatic carbocycles. The van der Waals surface area contributed by atoms with Crippen LogP contribution in [0.15, 0.2) is 28.1 Å². The maximum absolute atomic E-state index is 12.0. The van der Waals surface area contributed by atoms with Gasteiger partial charge in [0.25, 0.3) is 5.56 Å². The molecule has 1 atom stereocenters. The SMILES string of the molecule is C=CCn1ncc(NC(C)C(=O)N(C)CC)c(Br)c1=O. The number of hydrogen-bond acceptors (Lipinski definition) is 4. The van der Waals surface area contributed by atoms with Crippen molar-refractivity contribution in [3.05, 3.63) is 33.7 Å². The minimum absolute atomic E-state index is 0.0466. The largest absolute Gasteiger partial charge is 0.372 e. The zero-order valence-electron chi connectivity index (χ0n) is 11.9. The van der Waals surface area contributed by atoms with Gasteiger partial charge in [-0.25, -0.2) is 4.68 Å². The van der Waals surface area contributed by atoms with Gasteiger partial charge in [0.2, 0.25) is 5.91 Å². The van der Waals surface area contributed by atoms with Crippen molar-refractivity contribution in [2.24, 2.45) is 0 Å². The zero-order valence-corrected chi connectivity index (χ0v) is 13.5. The Balaban J connectivity index is 2.94. The Kier molecular flexibility index (Phi) is 5.94. The molecule has 110 valence electrons. The fraction of sp³-hybridized carbons (Fsp3) is 0.462. The molecule has 1 amide bonds. The van der Waals surface area contributed by atoms with E-state index in [4.69, 9.17) is 0 Å². The van der Waals surface area contributed by atoms with E-state index in [-0.39, 0.29) is 11.5 Å². The van der Waals surface area contributed by atoms with Crippen LogP contribution in [0.2, 0.25) is 0 Å². The highest BCUT2D eigenvalue weighted by Gasteiger charge is 2.18. The van der Waals surface area contributed by atoms with Gasteiger partial charge < -0.3 is 10.2 Å². The molecule has 0 spiro atoms. The van der Waals surface area contributed by atoms with Gasteiger partial charge in [0.15, 0.2) is 0 Å². The van der Waals surface area contributed by atoms with E-state index in [0.717, 1.165) is 0 Å². The Bertz CT molecular complexity index is 556. The van der Waals surface area contributed by atoms with E-state index in [9.17, 15) is 9.59 Å². The second kappa shape index (κ2) is 7.23. The number of halogens is 1. The van der Waals surface area contributed by atoms with Gasteiger partial charge >= 0.3 is 0 Å². The van der Waals surface area contributed by atoms with Crippen LogP contribution in [0.1, 0.15) is 13.8 Å². The molecule has 7 heteroatoms. The summed E-state index contributed by atoms with van der Waals surface area (Å²) in [5.41, 5.74) is 0.235. The lowest BCUT2D eigenvalue weighted by Gasteiger charge is -2.21. The summed E-state index contributed by atoms with van der Waals surface area (Å²) in [7, 11) is 1.73. The number of allylic oxidation sites excluding steroid dienone is 1. The third-order valence-electron chi connectivity index (χ3n) is 2.88. The third kappa shape index (κ3) is 3.69. The van der Waals surface area contributed by atoms with Crippen molar-refractivity contribution in [1.82, 2.24) is 14.7 Å². The number of hydrogen-bond donors (Lipinski definition) is 1. The van der Waals surface area contributed by atoms with Crippen molar-refractivity contribution in [3.8, 4) is 0 Å². The third-order valence-corrected chi connectivity index (χ3v) is 3.65. The van der Waals surface area contributed by atoms with Crippen LogP contribution in [0.5, 0.6) is 0 Å². The number of carbonyl (C=O) groups is 1. The van der Waals surface area contributed by atoms with E-state index in [0.29, 0.717) is 23.2 Å². The predicted molar refractivity (Wildman–Crippen MR) is 82.8 cm³/mol. The smallest absolute Gasteiger partial charge is 0.283 e. The monoisotopic (exact) mass is 342 g/mol. The molecule has 0 aliphatic heterocycles. The van der Waals surface area contributed by atoms with Crippen molar-refractivity contribution >= 4 is 27.5 Å². The van der Waals surface area contributed by atoms with Crippen molar-refractivity contribution in [2.75, 3.05) is 18.9 Å². The summed E-state index contributed by atoms with van der Waals surface area (Å²) in [5, 5.41) is 7.02. The lowest BCUT2D eigenvalue weighted by Crippen LogP contribution is -2.39. The van der Waals surface area contributed by atoms with Crippen LogP contribution in [0.25, 0.3) is 0 Å². The first-order valence-corrected chi connectivity index (χ1v) is 7.09. The lowest BCUT2D eigenvalue weighted by atomic mass is 10.2. The van der Waals surface area contributed by atoms with Gasteiger partial charge in [-0.3, -0.25) is 9.59 Å². The van der Waals surface area contributed by atoms with Gasteiger partial charge in [0, 0.05) is 13.6 Å². The normalized spacial score (nSPS) is 11.8. The number of nitrogens with one attached hydrogen (secondary N) is 1. The molecule has 0 fully saturated rings. The minimum Gasteiger partial charge on any atom is -0.372 e. The van der Waals surface area contributed by atoms with Crippen molar-refractivity contribution in [3.63, 3.8) is 0 Å². The van der Waals surface area contributed by atoms with E-state index < -0.39 is 6.04 Å². The highest BCUT2D eigenvalue weighted by Crippen LogP contribution is 2.17. The number of anilines is 1. The molecular formula is C13H19BrN4O2. The highest BCUT2D eigenvalue weighted by atomic mass is 79.9. The Morgan fingerprint density at radius 1 is 1.70 bits per heavy atom. The second-order valence-corrected chi connectivity index (χ2v) is 5.16. The van der Waals surface area contributed by atoms with Crippen LogP contribution < -0.4 is 10.9 Å². The Labute approximate surface area is 126 Å². The van der Waals surface area contributed by atoms with Crippen molar-refractivity contribution in [2.45, 2.75) is 26.4 Å². The van der Waals surface area contributed by atoms with E-state index in [1.165, 1.54) is 10.9 Å². The first-order chi connectivity index (χ1) is 9.42. The standard InChI is InChI=1S/C13H19BrN4O2/c1-5-7-18-13(20)11(14)10(8-15-18)16-9(3)12(19)17(4)6-2/h5,8-9,16H,1,6-7H2,2-4H3. The molecule has 1 aromatic rings. The minimum atomic E-state index is -0.437. The molecule has 20 heavy (non-hydrogen) atoms. The van der Waals surface area contributed by atoms with Gasteiger partial charge in [-0.05, 0) is 29.8 Å². The lowest BCUT2D eigenvalue weighted by molar-refractivity contribution is -0.130. The molecule has 0 aromatic carbocycles. The highest BCUT2D eigenvalue weighted by molar-refractivity contribution is 9.10. The molecule has 1 rings (SSSR count). The zero-order chi connectivity index (χ0) is 15.3. The molecule has 1 aromatic heterocycles. The Hall–Kier alpha value is -1.63. The van der Waals surface area contributed by atoms with Crippen LogP contribution in [0.3, 0.4) is 0 Å². The van der Waals surface area contributed by atoms with Gasteiger partial charge in [-0.15, -0.1) is 6.58 Å². The molecule has 6 nitrogen and oxygen atoms in total. The fourth-order valence-electron chi connectivity index (χ4n) is 1.60. The molecule has 0 bridgehead atoms. The number of likely N-dealkylation sites (N-methyl/N-ethyl adjacent to an activating group) is 1. The maximum Gasteiger partial charge on any atom is 0.283 e. The number of aromatic nitrogens is 2. The predicted octanol–water partition coefficient (Wildman–Crippen LogP) is 1.47. The van der Waals surface area contributed by atoms with Crippen molar-refractivity contribution < 1.29 is 4.79 Å². The molecule has 1 N–H and O–H groups in total. The summed E-state index contributed by atoms with van der Waals surface area (Å²) >= 11 is 3.24. The Morgan fingerprint density at radius 2 is 2.35 bits per heavy atom. The number of rotatable bonds is 6. The van der Waals surface area contributed by atoms with Crippen LogP contribution in [0.4, 0.5) is 5.69 Å². The fourth-order valence-corrected chi connectivity index (χ4v) is 2.02. The summed E-state index contributed by atoms with van der Waals surface area (Å²) < 4.78 is 1.64. The van der Waals surface area contributed by atoms with Crippen LogP contribution >= 0.6 is 15.9 Å². The molecule has 1 heterocycles. The number of carbonyl (C=O) groups excluding carboxylic acids is 1. The number of nitrogens with zero attached hydrogens (tertiary/aromatic N) is 3. The second-order valence-electron chi connectivity index (χ2n) is 4.37. The molecule has 1 unspecified atom stereocenters. The molecule has 0 aliphatic rings. The van der Waals surface area contributed by atoms with E-state index in [1.54, 1.807) is 24.9 Å². The average molecular weight is 343 g/mol.